The van der Waals surface area contributed by atoms with Gasteiger partial charge < -0.3 is 16.0 Å². The summed E-state index contributed by atoms with van der Waals surface area (Å²) in [4.78, 5) is 25.6. The van der Waals surface area contributed by atoms with Crippen LogP contribution in [0.2, 0.25) is 5.02 Å². The fourth-order valence-corrected chi connectivity index (χ4v) is 3.56. The highest BCUT2D eigenvalue weighted by molar-refractivity contribution is 7.10. The van der Waals surface area contributed by atoms with Crippen molar-refractivity contribution in [1.82, 2.24) is 10.6 Å². The van der Waals surface area contributed by atoms with Crippen LogP contribution in [-0.4, -0.2) is 11.9 Å². The first kappa shape index (κ1) is 16.5. The molecule has 0 aliphatic carbocycles. The molecule has 1 aromatic carbocycles. The van der Waals surface area contributed by atoms with Crippen LogP contribution >= 0.6 is 22.9 Å². The van der Waals surface area contributed by atoms with Crippen molar-refractivity contribution >= 4 is 40.6 Å². The van der Waals surface area contributed by atoms with Crippen molar-refractivity contribution in [3.8, 4) is 0 Å². The number of carbonyl (C=O) groups is 2. The van der Waals surface area contributed by atoms with Crippen molar-refractivity contribution in [2.24, 2.45) is 0 Å². The lowest BCUT2D eigenvalue weighted by Gasteiger charge is -2.27. The van der Waals surface area contributed by atoms with E-state index in [-0.39, 0.29) is 11.9 Å². The Kier molecular flexibility index (Phi) is 4.59. The molecule has 7 heteroatoms. The molecule has 1 aliphatic rings. The number of anilines is 1. The molecule has 124 valence electrons. The Bertz CT molecular complexity index is 830. The number of rotatable bonds is 3. The highest BCUT2D eigenvalue weighted by atomic mass is 35.5. The van der Waals surface area contributed by atoms with E-state index in [4.69, 9.17) is 11.6 Å². The van der Waals surface area contributed by atoms with Crippen LogP contribution in [0, 0.1) is 6.92 Å². The van der Waals surface area contributed by atoms with Crippen LogP contribution in [0.15, 0.2) is 47.0 Å². The predicted molar refractivity (Wildman–Crippen MR) is 96.2 cm³/mol. The van der Waals surface area contributed by atoms with Gasteiger partial charge >= 0.3 is 6.03 Å². The lowest BCUT2D eigenvalue weighted by Crippen LogP contribution is -2.45. The number of benzene rings is 1. The highest BCUT2D eigenvalue weighted by Gasteiger charge is 2.31. The molecule has 0 unspecified atom stereocenters. The number of urea groups is 1. The smallest absolute Gasteiger partial charge is 0.319 e. The van der Waals surface area contributed by atoms with Gasteiger partial charge in [0.2, 0.25) is 0 Å². The Morgan fingerprint density at radius 2 is 2.04 bits per heavy atom. The van der Waals surface area contributed by atoms with Crippen molar-refractivity contribution < 1.29 is 9.59 Å². The summed E-state index contributed by atoms with van der Waals surface area (Å²) in [6.45, 7) is 3.57. The second-order valence-corrected chi connectivity index (χ2v) is 6.84. The van der Waals surface area contributed by atoms with Gasteiger partial charge in [0.15, 0.2) is 0 Å². The molecule has 0 radical (unpaired) electrons. The summed E-state index contributed by atoms with van der Waals surface area (Å²) >= 11 is 7.60. The Morgan fingerprint density at radius 3 is 2.75 bits per heavy atom. The average Bonchev–Trinajstić information content (AvgIpc) is 3.05. The maximum absolute atomic E-state index is 12.9. The molecule has 0 fully saturated rings. The lowest BCUT2D eigenvalue weighted by molar-refractivity contribution is -0.113. The Hall–Kier alpha value is -2.31. The first-order chi connectivity index (χ1) is 11.5. The standard InChI is InChI=1S/C17H16ClN3O2S/c1-9-11(18)5-3-6-12(9)20-16(22)14-10(2)19-17(23)21-15(14)13-7-4-8-24-13/h3-8,15H,1-2H3,(H,20,22)(H2,19,21,23)/t15-/m0/s1. The minimum atomic E-state index is -0.474. The van der Waals surface area contributed by atoms with E-state index in [0.717, 1.165) is 10.4 Å². The number of hydrogen-bond donors (Lipinski definition) is 3. The molecule has 1 aliphatic heterocycles. The normalized spacial score (nSPS) is 17.3. The monoisotopic (exact) mass is 361 g/mol. The molecule has 0 bridgehead atoms. The summed E-state index contributed by atoms with van der Waals surface area (Å²) in [5.74, 6) is -0.274. The molecule has 0 spiro atoms. The van der Waals surface area contributed by atoms with Crippen molar-refractivity contribution in [3.05, 3.63) is 62.4 Å². The number of halogens is 1. The van der Waals surface area contributed by atoms with E-state index >= 15 is 0 Å². The van der Waals surface area contributed by atoms with Gasteiger partial charge in [-0.15, -0.1) is 11.3 Å². The van der Waals surface area contributed by atoms with Crippen LogP contribution in [0.25, 0.3) is 0 Å². The largest absolute Gasteiger partial charge is 0.326 e. The van der Waals surface area contributed by atoms with E-state index in [9.17, 15) is 9.59 Å². The zero-order valence-electron chi connectivity index (χ0n) is 13.1. The molecular formula is C17H16ClN3O2S. The van der Waals surface area contributed by atoms with Crippen LogP contribution in [0.3, 0.4) is 0 Å². The number of hydrogen-bond acceptors (Lipinski definition) is 3. The van der Waals surface area contributed by atoms with Gasteiger partial charge in [0, 0.05) is 21.3 Å². The van der Waals surface area contributed by atoms with Crippen LogP contribution in [0.5, 0.6) is 0 Å². The van der Waals surface area contributed by atoms with Gasteiger partial charge in [-0.05, 0) is 43.0 Å². The average molecular weight is 362 g/mol. The molecule has 3 amide bonds. The molecule has 24 heavy (non-hydrogen) atoms. The van der Waals surface area contributed by atoms with Crippen LogP contribution < -0.4 is 16.0 Å². The predicted octanol–water partition coefficient (Wildman–Crippen LogP) is 3.98. The lowest BCUT2D eigenvalue weighted by atomic mass is 10.0. The van der Waals surface area contributed by atoms with E-state index in [1.165, 1.54) is 11.3 Å². The fourth-order valence-electron chi connectivity index (χ4n) is 2.60. The Morgan fingerprint density at radius 1 is 1.25 bits per heavy atom. The summed E-state index contributed by atoms with van der Waals surface area (Å²) in [6.07, 6.45) is 0. The first-order valence-electron chi connectivity index (χ1n) is 7.35. The molecule has 2 heterocycles. The quantitative estimate of drug-likeness (QED) is 0.774. The zero-order valence-corrected chi connectivity index (χ0v) is 14.7. The molecule has 5 nitrogen and oxygen atoms in total. The van der Waals surface area contributed by atoms with Crippen molar-refractivity contribution in [1.29, 1.82) is 0 Å². The number of nitrogens with one attached hydrogen (secondary N) is 3. The highest BCUT2D eigenvalue weighted by Crippen LogP contribution is 2.31. The molecule has 0 saturated heterocycles. The van der Waals surface area contributed by atoms with Crippen molar-refractivity contribution in [2.75, 3.05) is 5.32 Å². The van der Waals surface area contributed by atoms with Crippen LogP contribution in [0.1, 0.15) is 23.4 Å². The number of thiophene rings is 1. The fraction of sp³-hybridized carbons (Fsp3) is 0.176. The number of allylic oxidation sites excluding steroid dienone is 1. The van der Waals surface area contributed by atoms with Gasteiger partial charge in [0.1, 0.15) is 0 Å². The van der Waals surface area contributed by atoms with E-state index in [1.807, 2.05) is 24.4 Å². The first-order valence-corrected chi connectivity index (χ1v) is 8.61. The minimum absolute atomic E-state index is 0.274. The Labute approximate surface area is 148 Å². The SMILES string of the molecule is CC1=C(C(=O)Nc2cccc(Cl)c2C)[C@H](c2cccs2)NC(=O)N1. The zero-order chi connectivity index (χ0) is 17.3. The molecule has 3 rings (SSSR count). The third-order valence-corrected chi connectivity index (χ3v) is 5.20. The van der Waals surface area contributed by atoms with E-state index in [2.05, 4.69) is 16.0 Å². The third kappa shape index (κ3) is 3.16. The number of carbonyl (C=O) groups excluding carboxylic acids is 2. The van der Waals surface area contributed by atoms with E-state index in [0.29, 0.717) is 22.0 Å². The van der Waals surface area contributed by atoms with Crippen molar-refractivity contribution in [3.63, 3.8) is 0 Å². The summed E-state index contributed by atoms with van der Waals surface area (Å²) in [7, 11) is 0. The van der Waals surface area contributed by atoms with E-state index < -0.39 is 6.04 Å². The molecule has 1 atom stereocenters. The maximum atomic E-state index is 12.9. The molecule has 3 N–H and O–H groups in total. The van der Waals surface area contributed by atoms with Crippen molar-refractivity contribution in [2.45, 2.75) is 19.9 Å². The van der Waals surface area contributed by atoms with Gasteiger partial charge in [-0.25, -0.2) is 4.79 Å². The second kappa shape index (κ2) is 6.67. The summed E-state index contributed by atoms with van der Waals surface area (Å²) in [5.41, 5.74) is 2.46. The van der Waals surface area contributed by atoms with Gasteiger partial charge in [-0.3, -0.25) is 4.79 Å². The summed E-state index contributed by atoms with van der Waals surface area (Å²) in [5, 5.41) is 10.9. The maximum Gasteiger partial charge on any atom is 0.319 e. The van der Waals surface area contributed by atoms with Gasteiger partial charge in [0.05, 0.1) is 11.6 Å². The summed E-state index contributed by atoms with van der Waals surface area (Å²) in [6, 6.07) is 8.34. The van der Waals surface area contributed by atoms with Gasteiger partial charge in [-0.1, -0.05) is 23.7 Å². The minimum Gasteiger partial charge on any atom is -0.326 e. The van der Waals surface area contributed by atoms with Gasteiger partial charge in [-0.2, -0.15) is 0 Å². The third-order valence-electron chi connectivity index (χ3n) is 3.86. The van der Waals surface area contributed by atoms with E-state index in [1.54, 1.807) is 25.1 Å². The topological polar surface area (TPSA) is 70.2 Å². The number of amides is 3. The molecule has 0 saturated carbocycles. The van der Waals surface area contributed by atoms with Crippen LogP contribution in [-0.2, 0) is 4.79 Å². The molecule has 1 aromatic heterocycles. The van der Waals surface area contributed by atoms with Crippen LogP contribution in [0.4, 0.5) is 10.5 Å². The second-order valence-electron chi connectivity index (χ2n) is 5.45. The van der Waals surface area contributed by atoms with Gasteiger partial charge in [0.25, 0.3) is 5.91 Å². The molecular weight excluding hydrogens is 346 g/mol. The Balaban J connectivity index is 1.95. The summed E-state index contributed by atoms with van der Waals surface area (Å²) < 4.78 is 0. The molecule has 2 aromatic rings.